The Morgan fingerprint density at radius 3 is 2.46 bits per heavy atom. The number of anilines is 1. The van der Waals surface area contributed by atoms with E-state index in [0.717, 1.165) is 30.2 Å². The minimum atomic E-state index is -0.0883. The highest BCUT2D eigenvalue weighted by molar-refractivity contribution is 6.31. The summed E-state index contributed by atoms with van der Waals surface area (Å²) >= 11 is 12.2. The number of hydrogen-bond donors (Lipinski definition) is 1. The molecule has 2 amide bonds. The molecular formula is C18H19Cl2N3O. The highest BCUT2D eigenvalue weighted by atomic mass is 35.5. The van der Waals surface area contributed by atoms with Crippen molar-refractivity contribution in [3.05, 3.63) is 64.1 Å². The van der Waals surface area contributed by atoms with E-state index in [1.54, 1.807) is 12.1 Å². The lowest BCUT2D eigenvalue weighted by molar-refractivity contribution is 0.143. The number of carbonyl (C=O) groups excluding carboxylic acids is 1. The van der Waals surface area contributed by atoms with E-state index < -0.39 is 0 Å². The van der Waals surface area contributed by atoms with Gasteiger partial charge in [0.1, 0.15) is 0 Å². The van der Waals surface area contributed by atoms with Gasteiger partial charge in [0.15, 0.2) is 0 Å². The molecule has 0 unspecified atom stereocenters. The topological polar surface area (TPSA) is 35.6 Å². The van der Waals surface area contributed by atoms with Crippen molar-refractivity contribution in [1.29, 1.82) is 0 Å². The lowest BCUT2D eigenvalue weighted by atomic mass is 10.2. The highest BCUT2D eigenvalue weighted by Gasteiger charge is 2.21. The quantitative estimate of drug-likeness (QED) is 0.879. The molecule has 6 heteroatoms. The first-order valence-corrected chi connectivity index (χ1v) is 8.65. The molecule has 0 bridgehead atoms. The van der Waals surface area contributed by atoms with Gasteiger partial charge in [-0.25, -0.2) is 4.79 Å². The van der Waals surface area contributed by atoms with Gasteiger partial charge < -0.3 is 10.2 Å². The van der Waals surface area contributed by atoms with Crippen LogP contribution in [0.15, 0.2) is 48.5 Å². The van der Waals surface area contributed by atoms with Gasteiger partial charge in [-0.3, -0.25) is 4.90 Å². The predicted octanol–water partition coefficient (Wildman–Crippen LogP) is 4.34. The summed E-state index contributed by atoms with van der Waals surface area (Å²) in [7, 11) is 0. The molecule has 2 aromatic rings. The smallest absolute Gasteiger partial charge is 0.321 e. The maximum atomic E-state index is 12.3. The lowest BCUT2D eigenvalue weighted by Gasteiger charge is -2.34. The molecule has 1 aliphatic heterocycles. The molecule has 3 rings (SSSR count). The van der Waals surface area contributed by atoms with Crippen molar-refractivity contribution in [2.24, 2.45) is 0 Å². The van der Waals surface area contributed by atoms with E-state index in [1.807, 2.05) is 41.3 Å². The third-order valence-corrected chi connectivity index (χ3v) is 4.69. The maximum Gasteiger partial charge on any atom is 0.321 e. The molecular weight excluding hydrogens is 345 g/mol. The Morgan fingerprint density at radius 2 is 1.75 bits per heavy atom. The van der Waals surface area contributed by atoms with Gasteiger partial charge in [-0.2, -0.15) is 0 Å². The molecule has 2 aromatic carbocycles. The van der Waals surface area contributed by atoms with Gasteiger partial charge in [0, 0.05) is 48.5 Å². The second-order valence-electron chi connectivity index (χ2n) is 5.80. The molecule has 0 aromatic heterocycles. The van der Waals surface area contributed by atoms with Crippen LogP contribution in [0.3, 0.4) is 0 Å². The molecule has 0 saturated carbocycles. The average Bonchev–Trinajstić information content (AvgIpc) is 2.57. The Hall–Kier alpha value is -1.75. The van der Waals surface area contributed by atoms with Crippen LogP contribution in [0.1, 0.15) is 5.56 Å². The summed E-state index contributed by atoms with van der Waals surface area (Å²) in [6.07, 6.45) is 0. The molecule has 1 aliphatic rings. The highest BCUT2D eigenvalue weighted by Crippen LogP contribution is 2.19. The first kappa shape index (κ1) is 17.1. The van der Waals surface area contributed by atoms with Gasteiger partial charge in [-0.05, 0) is 29.8 Å². The minimum Gasteiger partial charge on any atom is -0.322 e. The Balaban J connectivity index is 1.51. The Bertz CT molecular complexity index is 715. The van der Waals surface area contributed by atoms with Gasteiger partial charge in [0.05, 0.1) is 0 Å². The molecule has 0 atom stereocenters. The summed E-state index contributed by atoms with van der Waals surface area (Å²) in [5.74, 6) is 0. The van der Waals surface area contributed by atoms with Crippen LogP contribution in [0.25, 0.3) is 0 Å². The van der Waals surface area contributed by atoms with Gasteiger partial charge in [-0.1, -0.05) is 47.5 Å². The van der Waals surface area contributed by atoms with Crippen LogP contribution in [-0.2, 0) is 6.54 Å². The SMILES string of the molecule is O=C(Nc1cccc(Cl)c1)N1CCN(Cc2ccccc2Cl)CC1. The van der Waals surface area contributed by atoms with Crippen LogP contribution in [0.5, 0.6) is 0 Å². The summed E-state index contributed by atoms with van der Waals surface area (Å²) in [4.78, 5) is 16.5. The Kier molecular flexibility index (Phi) is 5.61. The number of nitrogens with one attached hydrogen (secondary N) is 1. The molecule has 0 spiro atoms. The summed E-state index contributed by atoms with van der Waals surface area (Å²) in [6, 6.07) is 15.0. The maximum absolute atomic E-state index is 12.3. The molecule has 126 valence electrons. The molecule has 0 aliphatic carbocycles. The Morgan fingerprint density at radius 1 is 1.00 bits per heavy atom. The third kappa shape index (κ3) is 4.41. The van der Waals surface area contributed by atoms with Crippen molar-refractivity contribution >= 4 is 34.9 Å². The molecule has 24 heavy (non-hydrogen) atoms. The van der Waals surface area contributed by atoms with E-state index >= 15 is 0 Å². The molecule has 1 fully saturated rings. The third-order valence-electron chi connectivity index (χ3n) is 4.09. The van der Waals surface area contributed by atoms with Gasteiger partial charge in [0.25, 0.3) is 0 Å². The van der Waals surface area contributed by atoms with Crippen molar-refractivity contribution in [1.82, 2.24) is 9.80 Å². The molecule has 1 heterocycles. The Labute approximate surface area is 152 Å². The fourth-order valence-corrected chi connectivity index (χ4v) is 3.13. The second kappa shape index (κ2) is 7.88. The van der Waals surface area contributed by atoms with Gasteiger partial charge >= 0.3 is 6.03 Å². The average molecular weight is 364 g/mol. The summed E-state index contributed by atoms with van der Waals surface area (Å²) in [5.41, 5.74) is 1.84. The first-order chi connectivity index (χ1) is 11.6. The van der Waals surface area contributed by atoms with Crippen molar-refractivity contribution < 1.29 is 4.79 Å². The van der Waals surface area contributed by atoms with Crippen molar-refractivity contribution in [2.75, 3.05) is 31.5 Å². The van der Waals surface area contributed by atoms with Crippen LogP contribution in [0.2, 0.25) is 10.0 Å². The van der Waals surface area contributed by atoms with Gasteiger partial charge in [-0.15, -0.1) is 0 Å². The molecule has 0 radical (unpaired) electrons. The summed E-state index contributed by atoms with van der Waals surface area (Å²) in [5, 5.41) is 4.29. The van der Waals surface area contributed by atoms with Crippen LogP contribution in [0, 0.1) is 0 Å². The van der Waals surface area contributed by atoms with E-state index in [1.165, 1.54) is 0 Å². The van der Waals surface area contributed by atoms with Crippen molar-refractivity contribution in [3.8, 4) is 0 Å². The normalized spacial score (nSPS) is 15.3. The first-order valence-electron chi connectivity index (χ1n) is 7.89. The number of amides is 2. The molecule has 1 N–H and O–H groups in total. The van der Waals surface area contributed by atoms with Crippen LogP contribution >= 0.6 is 23.2 Å². The van der Waals surface area contributed by atoms with Gasteiger partial charge in [0.2, 0.25) is 0 Å². The fraction of sp³-hybridized carbons (Fsp3) is 0.278. The standard InChI is InChI=1S/C18H19Cl2N3O/c19-15-5-3-6-16(12-15)21-18(24)23-10-8-22(9-11-23)13-14-4-1-2-7-17(14)20/h1-7,12H,8-11,13H2,(H,21,24). The minimum absolute atomic E-state index is 0.0883. The zero-order valence-electron chi connectivity index (χ0n) is 13.2. The van der Waals surface area contributed by atoms with E-state index in [4.69, 9.17) is 23.2 Å². The summed E-state index contributed by atoms with van der Waals surface area (Å²) in [6.45, 7) is 3.85. The number of urea groups is 1. The molecule has 4 nitrogen and oxygen atoms in total. The van der Waals surface area contributed by atoms with E-state index in [-0.39, 0.29) is 6.03 Å². The number of hydrogen-bond acceptors (Lipinski definition) is 2. The monoisotopic (exact) mass is 363 g/mol. The lowest BCUT2D eigenvalue weighted by Crippen LogP contribution is -2.49. The fourth-order valence-electron chi connectivity index (χ4n) is 2.75. The zero-order valence-corrected chi connectivity index (χ0v) is 14.7. The van der Waals surface area contributed by atoms with Crippen molar-refractivity contribution in [3.63, 3.8) is 0 Å². The second-order valence-corrected chi connectivity index (χ2v) is 6.64. The van der Waals surface area contributed by atoms with Crippen molar-refractivity contribution in [2.45, 2.75) is 6.54 Å². The van der Waals surface area contributed by atoms with E-state index in [9.17, 15) is 4.79 Å². The largest absolute Gasteiger partial charge is 0.322 e. The van der Waals surface area contributed by atoms with Crippen LogP contribution in [-0.4, -0.2) is 42.0 Å². The number of rotatable bonds is 3. The number of benzene rings is 2. The van der Waals surface area contributed by atoms with Crippen LogP contribution in [0.4, 0.5) is 10.5 Å². The molecule has 1 saturated heterocycles. The number of carbonyl (C=O) groups is 1. The summed E-state index contributed by atoms with van der Waals surface area (Å²) < 4.78 is 0. The predicted molar refractivity (Wildman–Crippen MR) is 98.8 cm³/mol. The number of nitrogens with zero attached hydrogens (tertiary/aromatic N) is 2. The van der Waals surface area contributed by atoms with E-state index in [2.05, 4.69) is 10.2 Å². The zero-order chi connectivity index (χ0) is 16.9. The van der Waals surface area contributed by atoms with E-state index in [0.29, 0.717) is 23.8 Å². The number of halogens is 2. The number of piperazine rings is 1. The van der Waals surface area contributed by atoms with Crippen LogP contribution < -0.4 is 5.32 Å².